The maximum absolute atomic E-state index is 12.8. The van der Waals surface area contributed by atoms with Crippen molar-refractivity contribution in [2.24, 2.45) is 0 Å². The molecule has 1 aromatic carbocycles. The number of nitrogens with one attached hydrogen (secondary N) is 1. The third-order valence-electron chi connectivity index (χ3n) is 4.10. The van der Waals surface area contributed by atoms with Gasteiger partial charge < -0.3 is 0 Å². The SMILES string of the molecule is Cc1ccc2c(c1)n(C(C)C)c(=O)n2C1CCC(=O)NC1=O. The zero-order valence-electron chi connectivity index (χ0n) is 12.9. The Morgan fingerprint density at radius 2 is 1.91 bits per heavy atom. The molecule has 2 aromatic rings. The second-order valence-electron chi connectivity index (χ2n) is 6.08. The van der Waals surface area contributed by atoms with Crippen LogP contribution in [-0.4, -0.2) is 20.9 Å². The van der Waals surface area contributed by atoms with Crippen molar-refractivity contribution in [3.8, 4) is 0 Å². The minimum Gasteiger partial charge on any atom is -0.295 e. The molecule has 0 saturated carbocycles. The highest BCUT2D eigenvalue weighted by Crippen LogP contribution is 2.25. The van der Waals surface area contributed by atoms with Crippen LogP contribution >= 0.6 is 0 Å². The fourth-order valence-electron chi connectivity index (χ4n) is 3.08. The number of benzene rings is 1. The van der Waals surface area contributed by atoms with Gasteiger partial charge in [-0.05, 0) is 44.9 Å². The highest BCUT2D eigenvalue weighted by molar-refractivity contribution is 6.00. The summed E-state index contributed by atoms with van der Waals surface area (Å²) in [5.74, 6) is -0.681. The van der Waals surface area contributed by atoms with Crippen LogP contribution < -0.4 is 11.0 Å². The molecule has 1 saturated heterocycles. The number of nitrogens with zero attached hydrogens (tertiary/aromatic N) is 2. The summed E-state index contributed by atoms with van der Waals surface area (Å²) in [6.07, 6.45) is 0.610. The van der Waals surface area contributed by atoms with Gasteiger partial charge in [-0.1, -0.05) is 6.07 Å². The van der Waals surface area contributed by atoms with Crippen molar-refractivity contribution in [2.75, 3.05) is 0 Å². The Morgan fingerprint density at radius 1 is 1.18 bits per heavy atom. The molecule has 1 aromatic heterocycles. The van der Waals surface area contributed by atoms with Gasteiger partial charge in [0.15, 0.2) is 0 Å². The number of imidazole rings is 1. The van der Waals surface area contributed by atoms with Crippen molar-refractivity contribution in [1.29, 1.82) is 0 Å². The number of hydrogen-bond acceptors (Lipinski definition) is 3. The standard InChI is InChI=1S/C16H19N3O3/c1-9(2)18-13-8-10(3)4-5-11(13)19(16(18)22)12-6-7-14(20)17-15(12)21/h4-5,8-9,12H,6-7H2,1-3H3,(H,17,20,21). The average Bonchev–Trinajstić information content (AvgIpc) is 2.70. The third-order valence-corrected chi connectivity index (χ3v) is 4.10. The Balaban J connectivity index is 2.26. The van der Waals surface area contributed by atoms with Gasteiger partial charge in [-0.25, -0.2) is 4.79 Å². The lowest BCUT2D eigenvalue weighted by molar-refractivity contribution is -0.135. The van der Waals surface area contributed by atoms with Crippen LogP contribution in [0.5, 0.6) is 0 Å². The number of fused-ring (bicyclic) bond motifs is 1. The first-order valence-corrected chi connectivity index (χ1v) is 7.47. The molecule has 2 heterocycles. The minimum atomic E-state index is -0.629. The molecule has 1 aliphatic heterocycles. The molecule has 0 radical (unpaired) electrons. The van der Waals surface area contributed by atoms with E-state index in [9.17, 15) is 14.4 Å². The Bertz CT molecular complexity index is 829. The largest absolute Gasteiger partial charge is 0.330 e. The van der Waals surface area contributed by atoms with E-state index in [1.807, 2.05) is 39.0 Å². The number of aryl methyl sites for hydroxylation is 1. The minimum absolute atomic E-state index is 0.00802. The van der Waals surface area contributed by atoms with Gasteiger partial charge in [0.1, 0.15) is 6.04 Å². The Labute approximate surface area is 127 Å². The van der Waals surface area contributed by atoms with Gasteiger partial charge >= 0.3 is 5.69 Å². The number of hydrogen-bond donors (Lipinski definition) is 1. The summed E-state index contributed by atoms with van der Waals surface area (Å²) in [5.41, 5.74) is 2.41. The molecule has 3 rings (SSSR count). The first-order valence-electron chi connectivity index (χ1n) is 7.47. The van der Waals surface area contributed by atoms with Crippen LogP contribution in [0.15, 0.2) is 23.0 Å². The molecular formula is C16H19N3O3. The van der Waals surface area contributed by atoms with E-state index in [0.717, 1.165) is 16.6 Å². The number of carbonyl (C=O) groups is 2. The van der Waals surface area contributed by atoms with E-state index in [4.69, 9.17) is 0 Å². The van der Waals surface area contributed by atoms with E-state index in [1.54, 1.807) is 4.57 Å². The predicted octanol–water partition coefficient (Wildman–Crippen LogP) is 1.67. The van der Waals surface area contributed by atoms with E-state index in [2.05, 4.69) is 5.32 Å². The highest BCUT2D eigenvalue weighted by atomic mass is 16.2. The molecule has 6 heteroatoms. The summed E-state index contributed by atoms with van der Waals surface area (Å²) in [7, 11) is 0. The van der Waals surface area contributed by atoms with Gasteiger partial charge in [0.05, 0.1) is 11.0 Å². The van der Waals surface area contributed by atoms with Crippen molar-refractivity contribution in [2.45, 2.75) is 45.7 Å². The molecule has 0 aliphatic carbocycles. The number of imide groups is 1. The molecule has 2 amide bonds. The lowest BCUT2D eigenvalue weighted by atomic mass is 10.1. The van der Waals surface area contributed by atoms with Crippen LogP contribution in [0.25, 0.3) is 11.0 Å². The first kappa shape index (κ1) is 14.6. The van der Waals surface area contributed by atoms with Crippen molar-refractivity contribution in [1.82, 2.24) is 14.5 Å². The van der Waals surface area contributed by atoms with E-state index >= 15 is 0 Å². The van der Waals surface area contributed by atoms with E-state index in [1.165, 1.54) is 4.57 Å². The Kier molecular flexibility index (Phi) is 3.39. The fraction of sp³-hybridized carbons (Fsp3) is 0.438. The predicted molar refractivity (Wildman–Crippen MR) is 82.7 cm³/mol. The van der Waals surface area contributed by atoms with Crippen LogP contribution in [0.1, 0.15) is 44.3 Å². The van der Waals surface area contributed by atoms with E-state index < -0.39 is 11.9 Å². The summed E-state index contributed by atoms with van der Waals surface area (Å²) in [6, 6.07) is 5.12. The van der Waals surface area contributed by atoms with E-state index in [-0.39, 0.29) is 24.1 Å². The van der Waals surface area contributed by atoms with Crippen LogP contribution in [0.2, 0.25) is 0 Å². The van der Waals surface area contributed by atoms with Crippen LogP contribution in [0.3, 0.4) is 0 Å². The second kappa shape index (κ2) is 5.12. The highest BCUT2D eigenvalue weighted by Gasteiger charge is 2.31. The molecule has 1 N–H and O–H groups in total. The molecule has 6 nitrogen and oxygen atoms in total. The quantitative estimate of drug-likeness (QED) is 0.858. The summed E-state index contributed by atoms with van der Waals surface area (Å²) in [6.45, 7) is 5.86. The molecule has 1 unspecified atom stereocenters. The normalized spacial score (nSPS) is 19.0. The van der Waals surface area contributed by atoms with Crippen molar-refractivity contribution >= 4 is 22.8 Å². The molecular weight excluding hydrogens is 282 g/mol. The van der Waals surface area contributed by atoms with Crippen LogP contribution in [-0.2, 0) is 9.59 Å². The Morgan fingerprint density at radius 3 is 2.55 bits per heavy atom. The molecule has 1 aliphatic rings. The van der Waals surface area contributed by atoms with Crippen LogP contribution in [0, 0.1) is 6.92 Å². The van der Waals surface area contributed by atoms with Gasteiger partial charge in [0, 0.05) is 12.5 Å². The number of aromatic nitrogens is 2. The molecule has 0 bridgehead atoms. The maximum Gasteiger partial charge on any atom is 0.330 e. The second-order valence-corrected chi connectivity index (χ2v) is 6.08. The summed E-state index contributed by atoms with van der Waals surface area (Å²) >= 11 is 0. The van der Waals surface area contributed by atoms with Gasteiger partial charge in [0.25, 0.3) is 0 Å². The zero-order chi connectivity index (χ0) is 16.0. The maximum atomic E-state index is 12.8. The van der Waals surface area contributed by atoms with Gasteiger partial charge in [-0.15, -0.1) is 0 Å². The summed E-state index contributed by atoms with van der Waals surface area (Å²) in [4.78, 5) is 36.3. The summed E-state index contributed by atoms with van der Waals surface area (Å²) < 4.78 is 3.22. The first-order chi connectivity index (χ1) is 10.4. The van der Waals surface area contributed by atoms with Gasteiger partial charge in [-0.3, -0.25) is 24.0 Å². The topological polar surface area (TPSA) is 73.1 Å². The molecule has 1 atom stereocenters. The van der Waals surface area contributed by atoms with Gasteiger partial charge in [0.2, 0.25) is 11.8 Å². The number of amides is 2. The molecule has 22 heavy (non-hydrogen) atoms. The lowest BCUT2D eigenvalue weighted by Gasteiger charge is -2.22. The fourth-order valence-corrected chi connectivity index (χ4v) is 3.08. The van der Waals surface area contributed by atoms with Crippen molar-refractivity contribution < 1.29 is 9.59 Å². The number of carbonyl (C=O) groups excluding carboxylic acids is 2. The van der Waals surface area contributed by atoms with E-state index in [0.29, 0.717) is 6.42 Å². The summed E-state index contributed by atoms with van der Waals surface area (Å²) in [5, 5.41) is 2.32. The molecule has 0 spiro atoms. The van der Waals surface area contributed by atoms with Crippen molar-refractivity contribution in [3.05, 3.63) is 34.2 Å². The molecule has 1 fully saturated rings. The van der Waals surface area contributed by atoms with Crippen molar-refractivity contribution in [3.63, 3.8) is 0 Å². The van der Waals surface area contributed by atoms with Crippen LogP contribution in [0.4, 0.5) is 0 Å². The lowest BCUT2D eigenvalue weighted by Crippen LogP contribution is -2.44. The zero-order valence-corrected chi connectivity index (χ0v) is 12.9. The van der Waals surface area contributed by atoms with Gasteiger partial charge in [-0.2, -0.15) is 0 Å². The molecule has 116 valence electrons. The third kappa shape index (κ3) is 2.15. The number of piperidine rings is 1. The average molecular weight is 301 g/mol. The monoisotopic (exact) mass is 301 g/mol. The number of rotatable bonds is 2. The smallest absolute Gasteiger partial charge is 0.295 e. The Hall–Kier alpha value is -2.37.